The summed E-state index contributed by atoms with van der Waals surface area (Å²) in [4.78, 5) is 36.9. The largest absolute Gasteiger partial charge is 0.362 e. The Morgan fingerprint density at radius 3 is 1.50 bits per heavy atom. The molecule has 0 radical (unpaired) electrons. The molecule has 3 unspecified atom stereocenters. The molecule has 0 fully saturated rings. The molecule has 0 aliphatic rings. The van der Waals surface area contributed by atoms with Gasteiger partial charge in [-0.2, -0.15) is 0 Å². The molecule has 0 aromatic rings. The zero-order valence-corrected chi connectivity index (χ0v) is 22.5. The monoisotopic (exact) mass is 560 g/mol. The lowest BCUT2D eigenvalue weighted by Crippen LogP contribution is -2.49. The van der Waals surface area contributed by atoms with Gasteiger partial charge in [0.25, 0.3) is 0 Å². The Bertz CT molecular complexity index is 539. The molecule has 0 aliphatic heterocycles. The second kappa shape index (κ2) is 21.0. The van der Waals surface area contributed by atoms with Crippen LogP contribution in [-0.2, 0) is 14.4 Å². The van der Waals surface area contributed by atoms with E-state index in [2.05, 4.69) is 31.5 Å². The van der Waals surface area contributed by atoms with Gasteiger partial charge in [0.15, 0.2) is 31.9 Å². The van der Waals surface area contributed by atoms with E-state index in [0.29, 0.717) is 13.0 Å². The van der Waals surface area contributed by atoms with Gasteiger partial charge in [0.1, 0.15) is 0 Å². The van der Waals surface area contributed by atoms with Crippen LogP contribution in [0.15, 0.2) is 0 Å². The summed E-state index contributed by atoms with van der Waals surface area (Å²) >= 11 is 1.75. The van der Waals surface area contributed by atoms with Crippen molar-refractivity contribution in [2.45, 2.75) is 75.9 Å². The Morgan fingerprint density at radius 1 is 0.625 bits per heavy atom. The number of hydrogen-bond acceptors (Lipinski definition) is 7. The van der Waals surface area contributed by atoms with Gasteiger partial charge in [-0.15, -0.1) is 0 Å². The summed E-state index contributed by atoms with van der Waals surface area (Å²) in [5.74, 6) is -0.114. The molecule has 0 aromatic heterocycles. The van der Waals surface area contributed by atoms with Gasteiger partial charge in [-0.05, 0) is 58.0 Å². The average molecular weight is 560 g/mol. The Hall–Kier alpha value is -0.560. The number of amides is 2. The van der Waals surface area contributed by atoms with Gasteiger partial charge >= 0.3 is 0 Å². The fraction of sp³-hybridized carbons (Fsp3) is 0.833. The molecule has 9 nitrogen and oxygen atoms in total. The van der Waals surface area contributed by atoms with Crippen LogP contribution in [0.5, 0.6) is 0 Å². The molecule has 0 heterocycles. The number of halogens is 1. The van der Waals surface area contributed by atoms with Crippen molar-refractivity contribution < 1.29 is 14.4 Å². The maximum absolute atomic E-state index is 12.6. The smallest absolute Gasteiger partial charge is 0.236 e. The molecule has 14 heteroatoms. The van der Waals surface area contributed by atoms with Crippen molar-refractivity contribution in [3.05, 3.63) is 0 Å². The standard InChI is InChI=1S/C18H41B4IN6O3/c19-25-11-5-2-8-14(28-21)17(31)24-10-4-1-7-13(16(23)30)27-18(32)15(29-22)9-3-6-12-26-20/h13-15,25-26,28-29H,1-12,19-22H2,(H,24,31)(H,27,32). The highest BCUT2D eigenvalue weighted by Gasteiger charge is 2.23. The van der Waals surface area contributed by atoms with E-state index in [4.69, 9.17) is 0 Å². The number of carbonyl (C=O) groups excluding carboxylic acids is 3. The van der Waals surface area contributed by atoms with Gasteiger partial charge in [-0.3, -0.25) is 14.4 Å². The number of hydrogen-bond donors (Lipinski definition) is 6. The highest BCUT2D eigenvalue weighted by molar-refractivity contribution is 14.1. The molecule has 0 saturated carbocycles. The van der Waals surface area contributed by atoms with Gasteiger partial charge in [0.05, 0.1) is 18.1 Å². The van der Waals surface area contributed by atoms with Gasteiger partial charge in [-0.1, -0.05) is 12.8 Å². The first-order valence-corrected chi connectivity index (χ1v) is 12.9. The highest BCUT2D eigenvalue weighted by atomic mass is 127. The first-order chi connectivity index (χ1) is 15.4. The third kappa shape index (κ3) is 15.3. The lowest BCUT2D eigenvalue weighted by molar-refractivity contribution is -0.126. The van der Waals surface area contributed by atoms with Crippen molar-refractivity contribution >= 4 is 70.1 Å². The van der Waals surface area contributed by atoms with E-state index in [-0.39, 0.29) is 27.7 Å². The van der Waals surface area contributed by atoms with E-state index < -0.39 is 6.04 Å². The maximum Gasteiger partial charge on any atom is 0.236 e. The lowest BCUT2D eigenvalue weighted by atomic mass is 10.0. The minimum atomic E-state index is -0.496. The van der Waals surface area contributed by atoms with Crippen LogP contribution in [0.25, 0.3) is 0 Å². The van der Waals surface area contributed by atoms with E-state index in [1.807, 2.05) is 16.0 Å². The molecular formula is C18H41B4IN6O3. The lowest BCUT2D eigenvalue weighted by Gasteiger charge is -2.21. The maximum atomic E-state index is 12.6. The number of carbonyl (C=O) groups is 3. The average Bonchev–Trinajstić information content (AvgIpc) is 2.77. The van der Waals surface area contributed by atoms with Crippen molar-refractivity contribution in [1.29, 1.82) is 0 Å². The molecule has 2 amide bonds. The summed E-state index contributed by atoms with van der Waals surface area (Å²) in [6.45, 7) is 2.44. The molecule has 32 heavy (non-hydrogen) atoms. The van der Waals surface area contributed by atoms with Crippen LogP contribution in [0.4, 0.5) is 0 Å². The molecule has 0 aliphatic carbocycles. The van der Waals surface area contributed by atoms with Crippen molar-refractivity contribution in [2.24, 2.45) is 0 Å². The van der Waals surface area contributed by atoms with Crippen molar-refractivity contribution in [1.82, 2.24) is 31.5 Å². The third-order valence-corrected chi connectivity index (χ3v) is 6.23. The van der Waals surface area contributed by atoms with Crippen molar-refractivity contribution in [3.63, 3.8) is 0 Å². The summed E-state index contributed by atoms with van der Waals surface area (Å²) < 4.78 is -0.0677. The summed E-state index contributed by atoms with van der Waals surface area (Å²) in [5.41, 5.74) is 0. The summed E-state index contributed by atoms with van der Waals surface area (Å²) in [7, 11) is 7.41. The molecule has 0 aromatic carbocycles. The van der Waals surface area contributed by atoms with Gasteiger partial charge in [0.2, 0.25) is 15.6 Å². The summed E-state index contributed by atoms with van der Waals surface area (Å²) in [5, 5.41) is 18.2. The minimum absolute atomic E-state index is 0.0157. The molecule has 0 rings (SSSR count). The number of nitrogens with one attached hydrogen (secondary N) is 6. The van der Waals surface area contributed by atoms with Crippen LogP contribution in [0.3, 0.4) is 0 Å². The van der Waals surface area contributed by atoms with Crippen LogP contribution >= 0.6 is 22.6 Å². The van der Waals surface area contributed by atoms with E-state index in [0.717, 1.165) is 64.5 Å². The van der Waals surface area contributed by atoms with Crippen LogP contribution < -0.4 is 31.5 Å². The number of unbranched alkanes of at least 4 members (excludes halogenated alkanes) is 3. The topological polar surface area (TPSA) is 123 Å². The van der Waals surface area contributed by atoms with Crippen molar-refractivity contribution in [3.8, 4) is 0 Å². The Balaban J connectivity index is 4.27. The van der Waals surface area contributed by atoms with Gasteiger partial charge in [-0.25, -0.2) is 0 Å². The molecule has 3 atom stereocenters. The first kappa shape index (κ1) is 31.4. The minimum Gasteiger partial charge on any atom is -0.362 e. The molecule has 0 bridgehead atoms. The SMILES string of the molecule is BNCCCCC(NB)C(=O)NCCCCC(NC(=O)C(CCCCNB)NB)C(=O)I. The van der Waals surface area contributed by atoms with E-state index >= 15 is 0 Å². The Labute approximate surface area is 211 Å². The van der Waals surface area contributed by atoms with Crippen LogP contribution in [0.2, 0.25) is 0 Å². The predicted octanol–water partition coefficient (Wildman–Crippen LogP) is -3.65. The summed E-state index contributed by atoms with van der Waals surface area (Å²) in [6, 6.07) is -0.971. The molecule has 6 N–H and O–H groups in total. The second-order valence-corrected chi connectivity index (χ2v) is 9.10. The number of rotatable bonds is 21. The first-order valence-electron chi connectivity index (χ1n) is 11.8. The second-order valence-electron chi connectivity index (χ2n) is 8.03. The fourth-order valence-corrected chi connectivity index (χ4v) is 3.90. The third-order valence-electron chi connectivity index (χ3n) is 5.48. The zero-order chi connectivity index (χ0) is 24.2. The van der Waals surface area contributed by atoms with Gasteiger partial charge < -0.3 is 31.5 Å². The van der Waals surface area contributed by atoms with Crippen LogP contribution in [0, 0.1) is 0 Å². The van der Waals surface area contributed by atoms with Gasteiger partial charge in [0, 0.05) is 29.1 Å². The van der Waals surface area contributed by atoms with E-state index in [1.165, 1.54) is 0 Å². The Morgan fingerprint density at radius 2 is 1.06 bits per heavy atom. The van der Waals surface area contributed by atoms with Crippen LogP contribution in [-0.4, -0.2) is 85.3 Å². The quantitative estimate of drug-likeness (QED) is 0.0371. The summed E-state index contributed by atoms with van der Waals surface area (Å²) in [6.07, 6.45) is 7.60. The predicted molar refractivity (Wildman–Crippen MR) is 150 cm³/mol. The molecular weight excluding hydrogens is 518 g/mol. The fourth-order valence-electron chi connectivity index (χ4n) is 3.44. The van der Waals surface area contributed by atoms with E-state index in [1.54, 1.807) is 38.6 Å². The van der Waals surface area contributed by atoms with Crippen molar-refractivity contribution in [2.75, 3.05) is 19.6 Å². The normalized spacial score (nSPS) is 13.8. The zero-order valence-electron chi connectivity index (χ0n) is 20.3. The van der Waals surface area contributed by atoms with Crippen LogP contribution in [0.1, 0.15) is 57.8 Å². The highest BCUT2D eigenvalue weighted by Crippen LogP contribution is 2.08. The molecule has 0 saturated heterocycles. The molecule has 180 valence electrons. The Kier molecular flexibility index (Phi) is 20.6. The van der Waals surface area contributed by atoms with E-state index in [9.17, 15) is 14.4 Å². The molecule has 0 spiro atoms.